The summed E-state index contributed by atoms with van der Waals surface area (Å²) in [6.07, 6.45) is -3.77. The molecule has 2 atom stereocenters. The highest BCUT2D eigenvalue weighted by atomic mass is 19.4. The second-order valence-corrected chi connectivity index (χ2v) is 5.69. The molecule has 0 spiro atoms. The van der Waals surface area contributed by atoms with Crippen molar-refractivity contribution < 1.29 is 22.7 Å². The van der Waals surface area contributed by atoms with E-state index in [4.69, 9.17) is 4.74 Å². The Balaban J connectivity index is 1.82. The zero-order valence-corrected chi connectivity index (χ0v) is 13.0. The molecule has 0 aromatic heterocycles. The Bertz CT molecular complexity index is 528. The fourth-order valence-corrected chi connectivity index (χ4v) is 2.46. The van der Waals surface area contributed by atoms with E-state index < -0.39 is 11.7 Å². The van der Waals surface area contributed by atoms with Crippen molar-refractivity contribution in [1.29, 1.82) is 0 Å². The van der Waals surface area contributed by atoms with Gasteiger partial charge in [0.15, 0.2) is 0 Å². The quantitative estimate of drug-likeness (QED) is 0.871. The minimum atomic E-state index is -4.34. The molecule has 2 rings (SSSR count). The largest absolute Gasteiger partial charge is 0.416 e. The Hall–Kier alpha value is -1.60. The molecular weight excluding hydrogens is 309 g/mol. The molecule has 0 unspecified atom stereocenters. The van der Waals surface area contributed by atoms with Crippen molar-refractivity contribution in [3.05, 3.63) is 35.4 Å². The van der Waals surface area contributed by atoms with Crippen molar-refractivity contribution in [2.45, 2.75) is 31.5 Å². The summed E-state index contributed by atoms with van der Waals surface area (Å²) in [4.78, 5) is 11.9. The lowest BCUT2D eigenvalue weighted by atomic mass is 9.96. The highest BCUT2D eigenvalue weighted by Gasteiger charge is 2.30. The van der Waals surface area contributed by atoms with Gasteiger partial charge in [0.1, 0.15) is 6.04 Å². The molecule has 2 N–H and O–H groups in total. The summed E-state index contributed by atoms with van der Waals surface area (Å²) >= 11 is 0. The van der Waals surface area contributed by atoms with Gasteiger partial charge in [-0.1, -0.05) is 25.1 Å². The van der Waals surface area contributed by atoms with E-state index in [0.29, 0.717) is 38.3 Å². The van der Waals surface area contributed by atoms with Gasteiger partial charge in [0, 0.05) is 13.1 Å². The topological polar surface area (TPSA) is 50.4 Å². The van der Waals surface area contributed by atoms with Crippen LogP contribution in [0.3, 0.4) is 0 Å². The first-order valence-electron chi connectivity index (χ1n) is 7.64. The first-order chi connectivity index (χ1) is 10.9. The second kappa shape index (κ2) is 7.79. The summed E-state index contributed by atoms with van der Waals surface area (Å²) in [5.41, 5.74) is -0.0253. The van der Waals surface area contributed by atoms with Crippen LogP contribution in [0.4, 0.5) is 13.2 Å². The van der Waals surface area contributed by atoms with E-state index in [-0.39, 0.29) is 17.9 Å². The van der Waals surface area contributed by atoms with Gasteiger partial charge in [0.25, 0.3) is 0 Å². The molecule has 1 heterocycles. The third-order valence-corrected chi connectivity index (χ3v) is 3.90. The molecule has 0 aliphatic carbocycles. The Morgan fingerprint density at radius 1 is 1.48 bits per heavy atom. The van der Waals surface area contributed by atoms with Gasteiger partial charge in [-0.05, 0) is 24.0 Å². The molecule has 1 amide bonds. The van der Waals surface area contributed by atoms with Gasteiger partial charge in [-0.2, -0.15) is 13.2 Å². The van der Waals surface area contributed by atoms with Crippen molar-refractivity contribution >= 4 is 5.91 Å². The summed E-state index contributed by atoms with van der Waals surface area (Å²) < 4.78 is 43.4. The van der Waals surface area contributed by atoms with Gasteiger partial charge in [0.05, 0.1) is 18.8 Å². The number of benzene rings is 1. The van der Waals surface area contributed by atoms with Crippen LogP contribution in [0.15, 0.2) is 24.3 Å². The zero-order chi connectivity index (χ0) is 16.9. The third-order valence-electron chi connectivity index (χ3n) is 3.90. The van der Waals surface area contributed by atoms with E-state index in [2.05, 4.69) is 10.6 Å². The molecule has 1 aromatic carbocycles. The molecule has 0 saturated carbocycles. The number of nitrogens with one attached hydrogen (secondary N) is 2. The van der Waals surface area contributed by atoms with Gasteiger partial charge in [-0.25, -0.2) is 0 Å². The molecule has 0 radical (unpaired) electrons. The molecule has 1 aliphatic rings. The van der Waals surface area contributed by atoms with Crippen molar-refractivity contribution in [3.8, 4) is 0 Å². The summed E-state index contributed by atoms with van der Waals surface area (Å²) in [5, 5.41) is 5.84. The zero-order valence-electron chi connectivity index (χ0n) is 13.0. The molecule has 1 fully saturated rings. The van der Waals surface area contributed by atoms with E-state index in [1.165, 1.54) is 12.1 Å². The predicted octanol–water partition coefficient (Wildman–Crippen LogP) is 2.30. The summed E-state index contributed by atoms with van der Waals surface area (Å²) in [6, 6.07) is 4.97. The number of hydrogen-bond donors (Lipinski definition) is 2. The van der Waals surface area contributed by atoms with Gasteiger partial charge in [-0.3, -0.25) is 4.79 Å². The number of carbonyl (C=O) groups is 1. The lowest BCUT2D eigenvalue weighted by Gasteiger charge is -2.23. The number of halogens is 3. The van der Waals surface area contributed by atoms with Crippen molar-refractivity contribution in [2.75, 3.05) is 26.3 Å². The van der Waals surface area contributed by atoms with Crippen LogP contribution in [0.5, 0.6) is 0 Å². The maximum Gasteiger partial charge on any atom is 0.416 e. The second-order valence-electron chi connectivity index (χ2n) is 5.69. The molecule has 0 bridgehead atoms. The Kier molecular flexibility index (Phi) is 6.01. The molecule has 1 saturated heterocycles. The molecule has 1 aliphatic heterocycles. The maximum atomic E-state index is 12.7. The lowest BCUT2D eigenvalue weighted by Crippen LogP contribution is -2.51. The smallest absolute Gasteiger partial charge is 0.378 e. The number of morpholine rings is 1. The van der Waals surface area contributed by atoms with E-state index >= 15 is 0 Å². The van der Waals surface area contributed by atoms with Gasteiger partial charge < -0.3 is 15.4 Å². The SMILES string of the molecule is C[C@@H](CCNC(=O)[C@H]1COCCN1)c1cccc(C(F)(F)F)c1. The average molecular weight is 330 g/mol. The first-order valence-corrected chi connectivity index (χ1v) is 7.64. The number of carbonyl (C=O) groups excluding carboxylic acids is 1. The van der Waals surface area contributed by atoms with Crippen molar-refractivity contribution in [2.24, 2.45) is 0 Å². The van der Waals surface area contributed by atoms with Crippen LogP contribution in [-0.4, -0.2) is 38.3 Å². The third kappa shape index (κ3) is 5.21. The van der Waals surface area contributed by atoms with Crippen LogP contribution < -0.4 is 10.6 Å². The first kappa shape index (κ1) is 17.7. The molecule has 4 nitrogen and oxygen atoms in total. The number of amides is 1. The Morgan fingerprint density at radius 2 is 2.26 bits per heavy atom. The Morgan fingerprint density at radius 3 is 2.91 bits per heavy atom. The monoisotopic (exact) mass is 330 g/mol. The van der Waals surface area contributed by atoms with Crippen molar-refractivity contribution in [3.63, 3.8) is 0 Å². The van der Waals surface area contributed by atoms with Crippen molar-refractivity contribution in [1.82, 2.24) is 10.6 Å². The minimum absolute atomic E-state index is 0.0758. The number of rotatable bonds is 5. The van der Waals surface area contributed by atoms with E-state index in [1.807, 2.05) is 6.92 Å². The molecule has 23 heavy (non-hydrogen) atoms. The Labute approximate surface area is 133 Å². The van der Waals surface area contributed by atoms with E-state index in [9.17, 15) is 18.0 Å². The molecule has 7 heteroatoms. The number of hydrogen-bond acceptors (Lipinski definition) is 3. The molecular formula is C16H21F3N2O2. The van der Waals surface area contributed by atoms with Crippen LogP contribution in [0.1, 0.15) is 30.4 Å². The van der Waals surface area contributed by atoms with Crippen LogP contribution >= 0.6 is 0 Å². The van der Waals surface area contributed by atoms with Crippen LogP contribution in [0.25, 0.3) is 0 Å². The van der Waals surface area contributed by atoms with Gasteiger partial charge in [-0.15, -0.1) is 0 Å². The number of ether oxygens (including phenoxy) is 1. The van der Waals surface area contributed by atoms with Crippen LogP contribution in [-0.2, 0) is 15.7 Å². The van der Waals surface area contributed by atoms with Crippen LogP contribution in [0, 0.1) is 0 Å². The lowest BCUT2D eigenvalue weighted by molar-refractivity contribution is -0.137. The fraction of sp³-hybridized carbons (Fsp3) is 0.562. The fourth-order valence-electron chi connectivity index (χ4n) is 2.46. The van der Waals surface area contributed by atoms with Gasteiger partial charge >= 0.3 is 6.18 Å². The van der Waals surface area contributed by atoms with E-state index in [1.54, 1.807) is 6.07 Å². The highest BCUT2D eigenvalue weighted by molar-refractivity contribution is 5.81. The normalized spacial score (nSPS) is 20.1. The van der Waals surface area contributed by atoms with E-state index in [0.717, 1.165) is 6.07 Å². The summed E-state index contributed by atoms with van der Waals surface area (Å²) in [5.74, 6) is -0.214. The highest BCUT2D eigenvalue weighted by Crippen LogP contribution is 2.31. The van der Waals surface area contributed by atoms with Crippen LogP contribution in [0.2, 0.25) is 0 Å². The minimum Gasteiger partial charge on any atom is -0.378 e. The summed E-state index contributed by atoms with van der Waals surface area (Å²) in [6.45, 7) is 3.84. The predicted molar refractivity (Wildman–Crippen MR) is 80.1 cm³/mol. The maximum absolute atomic E-state index is 12.7. The summed E-state index contributed by atoms with van der Waals surface area (Å²) in [7, 11) is 0. The van der Waals surface area contributed by atoms with Gasteiger partial charge in [0.2, 0.25) is 5.91 Å². The standard InChI is InChI=1S/C16H21F3N2O2/c1-11(12-3-2-4-13(9-12)16(17,18)19)5-6-21-15(22)14-10-23-8-7-20-14/h2-4,9,11,14,20H,5-8,10H2,1H3,(H,21,22)/t11-,14+/m0/s1. The molecule has 128 valence electrons. The molecule has 1 aromatic rings. The average Bonchev–Trinajstić information content (AvgIpc) is 2.54. The number of alkyl halides is 3.